The minimum absolute atomic E-state index is 0.643. The number of hydrogen-bond donors (Lipinski definition) is 0. The zero-order valence-electron chi connectivity index (χ0n) is 8.28. The summed E-state index contributed by atoms with van der Waals surface area (Å²) >= 11 is 0. The summed E-state index contributed by atoms with van der Waals surface area (Å²) in [6.45, 7) is 3.89. The average Bonchev–Trinajstić information content (AvgIpc) is 2.91. The molecule has 0 spiro atoms. The van der Waals surface area contributed by atoms with Crippen LogP contribution in [0.3, 0.4) is 0 Å². The van der Waals surface area contributed by atoms with Gasteiger partial charge in [0, 0.05) is 13.1 Å². The van der Waals surface area contributed by atoms with Gasteiger partial charge in [-0.05, 0) is 26.7 Å². The minimum atomic E-state index is 0.643. The maximum absolute atomic E-state index is 4.39. The van der Waals surface area contributed by atoms with Gasteiger partial charge in [0.1, 0.15) is 0 Å². The van der Waals surface area contributed by atoms with Gasteiger partial charge >= 0.3 is 0 Å². The monoisotopic (exact) mass is 178 g/mol. The van der Waals surface area contributed by atoms with Crippen LogP contribution < -0.4 is 4.90 Å². The highest BCUT2D eigenvalue weighted by atomic mass is 15.3. The summed E-state index contributed by atoms with van der Waals surface area (Å²) in [6, 6.07) is 0.643. The Labute approximate surface area is 78.0 Å². The van der Waals surface area contributed by atoms with E-state index in [1.54, 1.807) is 0 Å². The van der Waals surface area contributed by atoms with E-state index in [4.69, 9.17) is 0 Å². The lowest BCUT2D eigenvalue weighted by Crippen LogP contribution is -2.23. The summed E-state index contributed by atoms with van der Waals surface area (Å²) in [7, 11) is 2.03. The van der Waals surface area contributed by atoms with Gasteiger partial charge in [0.2, 0.25) is 5.95 Å². The van der Waals surface area contributed by atoms with Gasteiger partial charge in [-0.15, -0.1) is 5.10 Å². The van der Waals surface area contributed by atoms with Crippen molar-refractivity contribution in [2.45, 2.75) is 32.7 Å². The zero-order valence-corrected chi connectivity index (χ0v) is 8.28. The number of hydrogen-bond acceptors (Lipinski definition) is 4. The zero-order chi connectivity index (χ0) is 9.42. The van der Waals surface area contributed by atoms with Gasteiger partial charge in [0.05, 0.1) is 11.4 Å². The lowest BCUT2D eigenvalue weighted by molar-refractivity contribution is 0.801. The van der Waals surface area contributed by atoms with Crippen LogP contribution >= 0.6 is 0 Å². The van der Waals surface area contributed by atoms with Gasteiger partial charge in [-0.25, -0.2) is 4.98 Å². The third-order valence-corrected chi connectivity index (χ3v) is 2.49. The molecule has 4 nitrogen and oxygen atoms in total. The first-order valence-corrected chi connectivity index (χ1v) is 4.59. The molecule has 0 unspecified atom stereocenters. The standard InChI is InChI=1S/C9H14N4/c1-6-7(2)11-12-9(10-6)13(3)8-4-5-8/h8H,4-5H2,1-3H3. The first kappa shape index (κ1) is 8.41. The summed E-state index contributed by atoms with van der Waals surface area (Å²) < 4.78 is 0. The van der Waals surface area contributed by atoms with Gasteiger partial charge in [-0.2, -0.15) is 5.10 Å². The van der Waals surface area contributed by atoms with Gasteiger partial charge in [-0.1, -0.05) is 0 Å². The van der Waals surface area contributed by atoms with Crippen LogP contribution in [0.5, 0.6) is 0 Å². The van der Waals surface area contributed by atoms with Crippen molar-refractivity contribution in [1.82, 2.24) is 15.2 Å². The lowest BCUT2D eigenvalue weighted by atomic mass is 10.4. The molecule has 0 atom stereocenters. The number of aryl methyl sites for hydroxylation is 2. The number of anilines is 1. The van der Waals surface area contributed by atoms with Crippen molar-refractivity contribution in [2.24, 2.45) is 0 Å². The van der Waals surface area contributed by atoms with E-state index in [2.05, 4.69) is 20.1 Å². The van der Waals surface area contributed by atoms with Crippen LogP contribution in [0, 0.1) is 13.8 Å². The summed E-state index contributed by atoms with van der Waals surface area (Å²) in [6.07, 6.45) is 2.51. The Balaban J connectivity index is 2.24. The fourth-order valence-electron chi connectivity index (χ4n) is 1.22. The van der Waals surface area contributed by atoms with E-state index in [1.165, 1.54) is 12.8 Å². The third kappa shape index (κ3) is 1.61. The van der Waals surface area contributed by atoms with Crippen molar-refractivity contribution in [3.05, 3.63) is 11.4 Å². The Morgan fingerprint density at radius 3 is 2.38 bits per heavy atom. The number of nitrogens with zero attached hydrogens (tertiary/aromatic N) is 4. The molecule has 1 aliphatic carbocycles. The van der Waals surface area contributed by atoms with E-state index in [0.29, 0.717) is 6.04 Å². The van der Waals surface area contributed by atoms with Crippen molar-refractivity contribution in [3.8, 4) is 0 Å². The smallest absolute Gasteiger partial charge is 0.245 e. The summed E-state index contributed by atoms with van der Waals surface area (Å²) in [4.78, 5) is 6.50. The normalized spacial score (nSPS) is 15.9. The van der Waals surface area contributed by atoms with E-state index in [9.17, 15) is 0 Å². The summed E-state index contributed by atoms with van der Waals surface area (Å²) in [5, 5.41) is 8.12. The van der Waals surface area contributed by atoms with Crippen LogP contribution in [0.4, 0.5) is 5.95 Å². The molecule has 0 bridgehead atoms. The Hall–Kier alpha value is -1.19. The second kappa shape index (κ2) is 2.94. The molecule has 0 saturated heterocycles. The maximum atomic E-state index is 4.39. The lowest BCUT2D eigenvalue weighted by Gasteiger charge is -2.15. The molecule has 1 fully saturated rings. The molecular weight excluding hydrogens is 164 g/mol. The molecule has 1 aromatic rings. The predicted molar refractivity (Wildman–Crippen MR) is 50.7 cm³/mol. The molecule has 0 amide bonds. The van der Waals surface area contributed by atoms with Crippen LogP contribution in [0.2, 0.25) is 0 Å². The summed E-state index contributed by atoms with van der Waals surface area (Å²) in [5.74, 6) is 0.755. The average molecular weight is 178 g/mol. The first-order valence-electron chi connectivity index (χ1n) is 4.59. The van der Waals surface area contributed by atoms with Gasteiger partial charge in [0.15, 0.2) is 0 Å². The van der Waals surface area contributed by atoms with Crippen molar-refractivity contribution in [3.63, 3.8) is 0 Å². The van der Waals surface area contributed by atoms with Crippen molar-refractivity contribution >= 4 is 5.95 Å². The van der Waals surface area contributed by atoms with E-state index >= 15 is 0 Å². The van der Waals surface area contributed by atoms with Gasteiger partial charge in [0.25, 0.3) is 0 Å². The second-order valence-corrected chi connectivity index (χ2v) is 3.62. The van der Waals surface area contributed by atoms with Crippen LogP contribution in [0.15, 0.2) is 0 Å². The highest BCUT2D eigenvalue weighted by Crippen LogP contribution is 2.27. The maximum Gasteiger partial charge on any atom is 0.245 e. The van der Waals surface area contributed by atoms with Gasteiger partial charge in [-0.3, -0.25) is 0 Å². The Morgan fingerprint density at radius 1 is 1.15 bits per heavy atom. The van der Waals surface area contributed by atoms with Gasteiger partial charge < -0.3 is 4.90 Å². The van der Waals surface area contributed by atoms with Crippen LogP contribution in [-0.2, 0) is 0 Å². The molecule has 1 heterocycles. The highest BCUT2D eigenvalue weighted by molar-refractivity contribution is 5.32. The predicted octanol–water partition coefficient (Wildman–Crippen LogP) is 1.09. The Kier molecular flexibility index (Phi) is 1.90. The molecule has 2 rings (SSSR count). The third-order valence-electron chi connectivity index (χ3n) is 2.49. The number of rotatable bonds is 2. The van der Waals surface area contributed by atoms with E-state index in [1.807, 2.05) is 20.9 Å². The molecule has 1 saturated carbocycles. The van der Waals surface area contributed by atoms with Crippen LogP contribution in [0.25, 0.3) is 0 Å². The molecule has 0 radical (unpaired) electrons. The fourth-order valence-corrected chi connectivity index (χ4v) is 1.22. The van der Waals surface area contributed by atoms with E-state index in [-0.39, 0.29) is 0 Å². The second-order valence-electron chi connectivity index (χ2n) is 3.62. The molecule has 13 heavy (non-hydrogen) atoms. The van der Waals surface area contributed by atoms with Crippen molar-refractivity contribution in [2.75, 3.05) is 11.9 Å². The highest BCUT2D eigenvalue weighted by Gasteiger charge is 2.28. The first-order chi connectivity index (χ1) is 6.18. The molecule has 0 N–H and O–H groups in total. The molecule has 0 aliphatic heterocycles. The fraction of sp³-hybridized carbons (Fsp3) is 0.667. The SMILES string of the molecule is Cc1nnc(N(C)C2CC2)nc1C. The largest absolute Gasteiger partial charge is 0.340 e. The van der Waals surface area contributed by atoms with Crippen LogP contribution in [-0.4, -0.2) is 28.3 Å². The topological polar surface area (TPSA) is 41.9 Å². The van der Waals surface area contributed by atoms with E-state index in [0.717, 1.165) is 17.3 Å². The van der Waals surface area contributed by atoms with Crippen molar-refractivity contribution < 1.29 is 0 Å². The van der Waals surface area contributed by atoms with Crippen LogP contribution in [0.1, 0.15) is 24.2 Å². The van der Waals surface area contributed by atoms with E-state index < -0.39 is 0 Å². The molecule has 1 aliphatic rings. The quantitative estimate of drug-likeness (QED) is 0.679. The van der Waals surface area contributed by atoms with Crippen molar-refractivity contribution in [1.29, 1.82) is 0 Å². The molecule has 70 valence electrons. The molecule has 1 aromatic heterocycles. The Morgan fingerprint density at radius 2 is 1.85 bits per heavy atom. The molecular formula is C9H14N4. The number of aromatic nitrogens is 3. The Bertz CT molecular complexity index is 319. The molecule has 0 aromatic carbocycles. The summed E-state index contributed by atoms with van der Waals surface area (Å²) in [5.41, 5.74) is 1.88. The minimum Gasteiger partial charge on any atom is -0.340 e. The molecule has 4 heteroatoms.